The zero-order chi connectivity index (χ0) is 17.8. The molecule has 1 fully saturated rings. The first kappa shape index (κ1) is 17.3. The van der Waals surface area contributed by atoms with Crippen molar-refractivity contribution in [3.8, 4) is 11.5 Å². The molecule has 1 unspecified atom stereocenters. The van der Waals surface area contributed by atoms with Gasteiger partial charge in [0, 0.05) is 24.7 Å². The average Bonchev–Trinajstić information content (AvgIpc) is 3.10. The summed E-state index contributed by atoms with van der Waals surface area (Å²) in [7, 11) is 3.35. The summed E-state index contributed by atoms with van der Waals surface area (Å²) in [4.78, 5) is 13.6. The maximum atomic E-state index is 11.2. The fourth-order valence-electron chi connectivity index (χ4n) is 3.35. The minimum atomic E-state index is -0.389. The summed E-state index contributed by atoms with van der Waals surface area (Å²) in [6, 6.07) is 13.6. The molecule has 5 heteroatoms. The summed E-state index contributed by atoms with van der Waals surface area (Å²) in [6.45, 7) is 2.91. The molecule has 1 aliphatic rings. The molecule has 0 radical (unpaired) electrons. The summed E-state index contributed by atoms with van der Waals surface area (Å²) in [6.07, 6.45) is 1.11. The van der Waals surface area contributed by atoms with Gasteiger partial charge in [0.05, 0.1) is 14.2 Å². The van der Waals surface area contributed by atoms with Gasteiger partial charge in [-0.1, -0.05) is 12.1 Å². The Labute approximate surface area is 148 Å². The SMILES string of the molecule is COc1cc(OC)cc(C2CCN(Cc3ccc(C(N)=O)cc3)C2)c1. The van der Waals surface area contributed by atoms with E-state index in [0.717, 1.165) is 37.6 Å². The van der Waals surface area contributed by atoms with Crippen LogP contribution in [0.5, 0.6) is 11.5 Å². The Morgan fingerprint density at radius 2 is 1.76 bits per heavy atom. The van der Waals surface area contributed by atoms with Gasteiger partial charge in [-0.15, -0.1) is 0 Å². The van der Waals surface area contributed by atoms with Crippen molar-refractivity contribution in [1.82, 2.24) is 4.90 Å². The van der Waals surface area contributed by atoms with Crippen molar-refractivity contribution < 1.29 is 14.3 Å². The number of benzene rings is 2. The lowest BCUT2D eigenvalue weighted by atomic mass is 9.98. The lowest BCUT2D eigenvalue weighted by molar-refractivity contribution is 0.100. The molecule has 0 bridgehead atoms. The number of hydrogen-bond acceptors (Lipinski definition) is 4. The van der Waals surface area contributed by atoms with E-state index < -0.39 is 0 Å². The first-order chi connectivity index (χ1) is 12.1. The summed E-state index contributed by atoms with van der Waals surface area (Å²) < 4.78 is 10.8. The first-order valence-corrected chi connectivity index (χ1v) is 8.43. The number of hydrogen-bond donors (Lipinski definition) is 1. The smallest absolute Gasteiger partial charge is 0.248 e. The third kappa shape index (κ3) is 4.12. The zero-order valence-electron chi connectivity index (χ0n) is 14.7. The van der Waals surface area contributed by atoms with Crippen molar-refractivity contribution in [2.75, 3.05) is 27.3 Å². The number of methoxy groups -OCH3 is 2. The van der Waals surface area contributed by atoms with Gasteiger partial charge in [0.15, 0.2) is 0 Å². The Kier molecular flexibility index (Phi) is 5.24. The van der Waals surface area contributed by atoms with Crippen LogP contribution in [0.4, 0.5) is 0 Å². The molecule has 5 nitrogen and oxygen atoms in total. The van der Waals surface area contributed by atoms with E-state index >= 15 is 0 Å². The fraction of sp³-hybridized carbons (Fsp3) is 0.350. The Bertz CT molecular complexity index is 721. The van der Waals surface area contributed by atoms with Crippen molar-refractivity contribution in [2.24, 2.45) is 5.73 Å². The van der Waals surface area contributed by atoms with Crippen molar-refractivity contribution in [1.29, 1.82) is 0 Å². The number of nitrogens with zero attached hydrogens (tertiary/aromatic N) is 1. The second-order valence-electron chi connectivity index (χ2n) is 6.43. The predicted octanol–water partition coefficient (Wildman–Crippen LogP) is 2.79. The fourth-order valence-corrected chi connectivity index (χ4v) is 3.35. The lowest BCUT2D eigenvalue weighted by Crippen LogP contribution is -2.20. The van der Waals surface area contributed by atoms with Gasteiger partial charge >= 0.3 is 0 Å². The molecule has 1 aliphatic heterocycles. The van der Waals surface area contributed by atoms with Crippen molar-refractivity contribution >= 4 is 5.91 Å². The van der Waals surface area contributed by atoms with Gasteiger partial charge < -0.3 is 15.2 Å². The van der Waals surface area contributed by atoms with E-state index in [0.29, 0.717) is 11.5 Å². The Balaban J connectivity index is 1.66. The van der Waals surface area contributed by atoms with Crippen LogP contribution in [0.15, 0.2) is 42.5 Å². The normalized spacial score (nSPS) is 17.4. The van der Waals surface area contributed by atoms with Gasteiger partial charge in [-0.25, -0.2) is 0 Å². The molecule has 1 heterocycles. The molecule has 1 amide bonds. The molecule has 25 heavy (non-hydrogen) atoms. The van der Waals surface area contributed by atoms with Gasteiger partial charge in [0.1, 0.15) is 11.5 Å². The molecule has 2 N–H and O–H groups in total. The Morgan fingerprint density at radius 1 is 1.12 bits per heavy atom. The van der Waals surface area contributed by atoms with Gasteiger partial charge in [-0.2, -0.15) is 0 Å². The molecule has 2 aromatic rings. The summed E-state index contributed by atoms with van der Waals surface area (Å²) in [5.41, 5.74) is 8.28. The summed E-state index contributed by atoms with van der Waals surface area (Å²) >= 11 is 0. The van der Waals surface area contributed by atoms with E-state index in [2.05, 4.69) is 17.0 Å². The summed E-state index contributed by atoms with van der Waals surface area (Å²) in [5, 5.41) is 0. The second-order valence-corrected chi connectivity index (χ2v) is 6.43. The number of likely N-dealkylation sites (tertiary alicyclic amines) is 1. The van der Waals surface area contributed by atoms with Crippen LogP contribution in [0.2, 0.25) is 0 Å². The third-order valence-electron chi connectivity index (χ3n) is 4.76. The largest absolute Gasteiger partial charge is 0.497 e. The molecule has 0 aromatic heterocycles. The van der Waals surface area contributed by atoms with E-state index in [9.17, 15) is 4.79 Å². The molecular weight excluding hydrogens is 316 g/mol. The summed E-state index contributed by atoms with van der Waals surface area (Å²) in [5.74, 6) is 1.73. The van der Waals surface area contributed by atoms with Crippen LogP contribution in [-0.2, 0) is 6.54 Å². The number of rotatable bonds is 6. The topological polar surface area (TPSA) is 64.8 Å². The number of primary amides is 1. The van der Waals surface area contributed by atoms with Crippen LogP contribution >= 0.6 is 0 Å². The molecule has 1 saturated heterocycles. The molecule has 0 aliphatic carbocycles. The highest BCUT2D eigenvalue weighted by atomic mass is 16.5. The van der Waals surface area contributed by atoms with E-state index in [1.807, 2.05) is 18.2 Å². The van der Waals surface area contributed by atoms with Gasteiger partial charge in [-0.3, -0.25) is 9.69 Å². The minimum absolute atomic E-state index is 0.389. The number of carbonyl (C=O) groups excluding carboxylic acids is 1. The standard InChI is InChI=1S/C20H24N2O3/c1-24-18-9-17(10-19(11-18)25-2)16-7-8-22(13-16)12-14-3-5-15(6-4-14)20(21)23/h3-6,9-11,16H,7-8,12-13H2,1-2H3,(H2,21,23). The predicted molar refractivity (Wildman–Crippen MR) is 97.1 cm³/mol. The average molecular weight is 340 g/mol. The number of nitrogens with two attached hydrogens (primary N) is 1. The van der Waals surface area contributed by atoms with Gasteiger partial charge in [-0.05, 0) is 54.3 Å². The molecule has 1 atom stereocenters. The molecule has 0 saturated carbocycles. The molecule has 2 aromatic carbocycles. The second kappa shape index (κ2) is 7.57. The van der Waals surface area contributed by atoms with Crippen molar-refractivity contribution in [3.05, 3.63) is 59.2 Å². The molecule has 0 spiro atoms. The van der Waals surface area contributed by atoms with Crippen LogP contribution in [0.25, 0.3) is 0 Å². The lowest BCUT2D eigenvalue weighted by Gasteiger charge is -2.17. The number of amides is 1. The van der Waals surface area contributed by atoms with Gasteiger partial charge in [0.2, 0.25) is 5.91 Å². The third-order valence-corrected chi connectivity index (χ3v) is 4.76. The minimum Gasteiger partial charge on any atom is -0.497 e. The maximum absolute atomic E-state index is 11.2. The number of ether oxygens (including phenoxy) is 2. The highest BCUT2D eigenvalue weighted by Gasteiger charge is 2.24. The van der Waals surface area contributed by atoms with Crippen LogP contribution < -0.4 is 15.2 Å². The van der Waals surface area contributed by atoms with Crippen molar-refractivity contribution in [2.45, 2.75) is 18.9 Å². The van der Waals surface area contributed by atoms with E-state index in [1.54, 1.807) is 26.4 Å². The van der Waals surface area contributed by atoms with E-state index in [4.69, 9.17) is 15.2 Å². The first-order valence-electron chi connectivity index (χ1n) is 8.43. The quantitative estimate of drug-likeness (QED) is 0.878. The van der Waals surface area contributed by atoms with E-state index in [1.165, 1.54) is 11.1 Å². The highest BCUT2D eigenvalue weighted by Crippen LogP contribution is 2.33. The van der Waals surface area contributed by atoms with E-state index in [-0.39, 0.29) is 5.91 Å². The number of carbonyl (C=O) groups is 1. The Hall–Kier alpha value is -2.53. The Morgan fingerprint density at radius 3 is 2.32 bits per heavy atom. The molecular formula is C20H24N2O3. The maximum Gasteiger partial charge on any atom is 0.248 e. The van der Waals surface area contributed by atoms with Gasteiger partial charge in [0.25, 0.3) is 0 Å². The van der Waals surface area contributed by atoms with Crippen LogP contribution in [0, 0.1) is 0 Å². The zero-order valence-corrected chi connectivity index (χ0v) is 14.7. The highest BCUT2D eigenvalue weighted by molar-refractivity contribution is 5.92. The van der Waals surface area contributed by atoms with Crippen LogP contribution in [0.3, 0.4) is 0 Å². The van der Waals surface area contributed by atoms with Crippen LogP contribution in [-0.4, -0.2) is 38.1 Å². The molecule has 3 rings (SSSR count). The molecule has 132 valence electrons. The van der Waals surface area contributed by atoms with Crippen LogP contribution in [0.1, 0.15) is 33.8 Å². The van der Waals surface area contributed by atoms with Crippen molar-refractivity contribution in [3.63, 3.8) is 0 Å². The monoisotopic (exact) mass is 340 g/mol.